The number of sulfonamides is 1. The van der Waals surface area contributed by atoms with Gasteiger partial charge in [-0.25, -0.2) is 12.8 Å². The van der Waals surface area contributed by atoms with Gasteiger partial charge in [-0.2, -0.15) is 4.31 Å². The highest BCUT2D eigenvalue weighted by Crippen LogP contribution is 2.30. The van der Waals surface area contributed by atoms with Crippen LogP contribution in [0.5, 0.6) is 0 Å². The fraction of sp³-hybridized carbons (Fsp3) is 0.632. The Morgan fingerprint density at radius 1 is 1.23 bits per heavy atom. The largest absolute Gasteiger partial charge is 0.338 e. The van der Waals surface area contributed by atoms with E-state index in [1.807, 2.05) is 6.92 Å². The molecule has 7 heteroatoms. The van der Waals surface area contributed by atoms with Crippen LogP contribution < -0.4 is 0 Å². The summed E-state index contributed by atoms with van der Waals surface area (Å²) >= 11 is 0. The van der Waals surface area contributed by atoms with Crippen molar-refractivity contribution in [3.63, 3.8) is 0 Å². The number of carbonyl (C=O) groups excluding carboxylic acids is 1. The van der Waals surface area contributed by atoms with Crippen LogP contribution in [0.1, 0.15) is 55.8 Å². The monoisotopic (exact) mass is 382 g/mol. The van der Waals surface area contributed by atoms with Crippen molar-refractivity contribution < 1.29 is 17.6 Å². The molecule has 0 N–H and O–H groups in total. The lowest BCUT2D eigenvalue weighted by molar-refractivity contribution is 0.0747. The standard InChI is InChI=1S/C19H27FN2O3S/c1-2-10-21(14-15-6-7-15)19(23)16-8-9-17(20)18(13-16)26(24,25)22-11-4-3-5-12-22/h8-9,13,15H,2-7,10-12,14H2,1H3. The Labute approximate surface area is 155 Å². The van der Waals surface area contributed by atoms with E-state index in [9.17, 15) is 17.6 Å². The Morgan fingerprint density at radius 2 is 1.92 bits per heavy atom. The lowest BCUT2D eigenvalue weighted by Gasteiger charge is -2.26. The quantitative estimate of drug-likeness (QED) is 0.727. The number of piperidine rings is 1. The number of halogens is 1. The molecular formula is C19H27FN2O3S. The van der Waals surface area contributed by atoms with Crippen molar-refractivity contribution >= 4 is 15.9 Å². The Kier molecular flexibility index (Phi) is 5.97. The summed E-state index contributed by atoms with van der Waals surface area (Å²) in [4.78, 5) is 14.2. The van der Waals surface area contributed by atoms with E-state index in [0.29, 0.717) is 32.1 Å². The van der Waals surface area contributed by atoms with E-state index in [0.717, 1.165) is 44.6 Å². The van der Waals surface area contributed by atoms with Crippen LogP contribution in [0, 0.1) is 11.7 Å². The van der Waals surface area contributed by atoms with E-state index in [-0.39, 0.29) is 16.4 Å². The van der Waals surface area contributed by atoms with E-state index in [1.54, 1.807) is 4.90 Å². The Morgan fingerprint density at radius 3 is 2.54 bits per heavy atom. The normalized spacial score (nSPS) is 18.7. The molecule has 0 bridgehead atoms. The second-order valence-corrected chi connectivity index (χ2v) is 9.21. The van der Waals surface area contributed by atoms with Crippen molar-refractivity contribution in [2.45, 2.75) is 50.3 Å². The molecule has 144 valence electrons. The van der Waals surface area contributed by atoms with E-state index in [4.69, 9.17) is 0 Å². The van der Waals surface area contributed by atoms with Gasteiger partial charge >= 0.3 is 0 Å². The molecular weight excluding hydrogens is 355 g/mol. The van der Waals surface area contributed by atoms with Gasteiger partial charge in [-0.3, -0.25) is 4.79 Å². The molecule has 1 saturated carbocycles. The molecule has 1 aliphatic carbocycles. The summed E-state index contributed by atoms with van der Waals surface area (Å²) in [5.74, 6) is -0.465. The number of hydrogen-bond acceptors (Lipinski definition) is 3. The number of amides is 1. The molecule has 0 radical (unpaired) electrons. The minimum Gasteiger partial charge on any atom is -0.338 e. The highest BCUT2D eigenvalue weighted by atomic mass is 32.2. The number of hydrogen-bond donors (Lipinski definition) is 0. The van der Waals surface area contributed by atoms with Crippen molar-refractivity contribution in [3.8, 4) is 0 Å². The minimum atomic E-state index is -3.91. The molecule has 1 amide bonds. The van der Waals surface area contributed by atoms with Crippen LogP contribution in [0.3, 0.4) is 0 Å². The molecule has 1 aromatic rings. The fourth-order valence-electron chi connectivity index (χ4n) is 3.42. The third-order valence-electron chi connectivity index (χ3n) is 5.07. The summed E-state index contributed by atoms with van der Waals surface area (Å²) < 4.78 is 41.3. The molecule has 0 atom stereocenters. The smallest absolute Gasteiger partial charge is 0.253 e. The molecule has 5 nitrogen and oxygen atoms in total. The van der Waals surface area contributed by atoms with Crippen LogP contribution in [-0.4, -0.2) is 49.7 Å². The molecule has 2 aliphatic rings. The third-order valence-corrected chi connectivity index (χ3v) is 6.98. The van der Waals surface area contributed by atoms with Crippen LogP contribution in [0.2, 0.25) is 0 Å². The first kappa shape index (κ1) is 19.3. The zero-order valence-electron chi connectivity index (χ0n) is 15.3. The minimum absolute atomic E-state index is 0.214. The lowest BCUT2D eigenvalue weighted by Crippen LogP contribution is -2.36. The van der Waals surface area contributed by atoms with Gasteiger partial charge in [0.2, 0.25) is 10.0 Å². The summed E-state index contributed by atoms with van der Waals surface area (Å²) in [7, 11) is -3.91. The summed E-state index contributed by atoms with van der Waals surface area (Å²) in [5, 5.41) is 0. The third kappa shape index (κ3) is 4.26. The van der Waals surface area contributed by atoms with Crippen LogP contribution in [0.25, 0.3) is 0 Å². The molecule has 0 unspecified atom stereocenters. The molecule has 1 saturated heterocycles. The maximum Gasteiger partial charge on any atom is 0.253 e. The van der Waals surface area contributed by atoms with Gasteiger partial charge < -0.3 is 4.90 Å². The number of rotatable bonds is 7. The van der Waals surface area contributed by atoms with Gasteiger partial charge in [0.05, 0.1) is 0 Å². The molecule has 1 aromatic carbocycles. The number of nitrogens with zero attached hydrogens (tertiary/aromatic N) is 2. The Bertz CT molecular complexity index is 756. The van der Waals surface area contributed by atoms with Crippen LogP contribution in [0.15, 0.2) is 23.1 Å². The Balaban J connectivity index is 1.87. The van der Waals surface area contributed by atoms with E-state index >= 15 is 0 Å². The summed E-state index contributed by atoms with van der Waals surface area (Å²) in [5.41, 5.74) is 0.246. The molecule has 3 rings (SSSR count). The zero-order valence-corrected chi connectivity index (χ0v) is 16.1. The highest BCUT2D eigenvalue weighted by Gasteiger charge is 2.31. The number of carbonyl (C=O) groups is 1. The molecule has 0 spiro atoms. The molecule has 1 heterocycles. The average molecular weight is 383 g/mol. The zero-order chi connectivity index (χ0) is 18.7. The predicted molar refractivity (Wildman–Crippen MR) is 97.9 cm³/mol. The second-order valence-electron chi connectivity index (χ2n) is 7.30. The predicted octanol–water partition coefficient (Wildman–Crippen LogP) is 3.26. The molecule has 1 aliphatic heterocycles. The average Bonchev–Trinajstić information content (AvgIpc) is 3.46. The van der Waals surface area contributed by atoms with Crippen LogP contribution >= 0.6 is 0 Å². The van der Waals surface area contributed by atoms with E-state index in [1.165, 1.54) is 16.4 Å². The maximum atomic E-state index is 14.3. The lowest BCUT2D eigenvalue weighted by atomic mass is 10.1. The molecule has 26 heavy (non-hydrogen) atoms. The van der Waals surface area contributed by atoms with E-state index < -0.39 is 15.8 Å². The van der Waals surface area contributed by atoms with Gasteiger partial charge in [-0.05, 0) is 56.2 Å². The van der Waals surface area contributed by atoms with E-state index in [2.05, 4.69) is 0 Å². The number of benzene rings is 1. The maximum absolute atomic E-state index is 14.3. The molecule has 0 aromatic heterocycles. The molecule has 2 fully saturated rings. The van der Waals surface area contributed by atoms with Crippen LogP contribution in [-0.2, 0) is 10.0 Å². The SMILES string of the molecule is CCCN(CC1CC1)C(=O)c1ccc(F)c(S(=O)(=O)N2CCCCC2)c1. The fourth-order valence-corrected chi connectivity index (χ4v) is 5.03. The van der Waals surface area contributed by atoms with Crippen LogP contribution in [0.4, 0.5) is 4.39 Å². The van der Waals surface area contributed by atoms with Crippen molar-refractivity contribution in [1.82, 2.24) is 9.21 Å². The van der Waals surface area contributed by atoms with Gasteiger partial charge in [0.15, 0.2) is 0 Å². The van der Waals surface area contributed by atoms with Crippen molar-refractivity contribution in [1.29, 1.82) is 0 Å². The van der Waals surface area contributed by atoms with Gasteiger partial charge in [0, 0.05) is 31.7 Å². The van der Waals surface area contributed by atoms with Gasteiger partial charge in [-0.1, -0.05) is 13.3 Å². The summed E-state index contributed by atoms with van der Waals surface area (Å²) in [6, 6.07) is 3.71. The van der Waals surface area contributed by atoms with Crippen molar-refractivity contribution in [2.75, 3.05) is 26.2 Å². The first-order valence-electron chi connectivity index (χ1n) is 9.52. The first-order chi connectivity index (χ1) is 12.4. The van der Waals surface area contributed by atoms with Gasteiger partial charge in [0.1, 0.15) is 10.7 Å². The second kappa shape index (κ2) is 8.05. The van der Waals surface area contributed by atoms with Gasteiger partial charge in [-0.15, -0.1) is 0 Å². The summed E-state index contributed by atoms with van der Waals surface area (Å²) in [6.45, 7) is 4.14. The Hall–Kier alpha value is -1.47. The van der Waals surface area contributed by atoms with Crippen molar-refractivity contribution in [3.05, 3.63) is 29.6 Å². The van der Waals surface area contributed by atoms with Gasteiger partial charge in [0.25, 0.3) is 5.91 Å². The topological polar surface area (TPSA) is 57.7 Å². The first-order valence-corrected chi connectivity index (χ1v) is 11.0. The summed E-state index contributed by atoms with van der Waals surface area (Å²) in [6.07, 6.45) is 5.64. The highest BCUT2D eigenvalue weighted by molar-refractivity contribution is 7.89. The van der Waals surface area contributed by atoms with Crippen molar-refractivity contribution in [2.24, 2.45) is 5.92 Å².